The molecule has 0 aromatic heterocycles. The number of anilines is 1. The van der Waals surface area contributed by atoms with Gasteiger partial charge in [-0.1, -0.05) is 30.0 Å². The van der Waals surface area contributed by atoms with Crippen LogP contribution in [0.25, 0.3) is 6.08 Å². The molecule has 1 aliphatic rings. The summed E-state index contributed by atoms with van der Waals surface area (Å²) in [6.45, 7) is 0. The van der Waals surface area contributed by atoms with E-state index in [0.717, 1.165) is 28.8 Å². The third-order valence-corrected chi connectivity index (χ3v) is 6.37. The number of rotatable bonds is 2. The lowest BCUT2D eigenvalue weighted by molar-refractivity contribution is -0.137. The Morgan fingerprint density at radius 1 is 1.14 bits per heavy atom. The molecule has 0 bridgehead atoms. The van der Waals surface area contributed by atoms with Gasteiger partial charge in [-0.2, -0.15) is 13.2 Å². The molecule has 0 unspecified atom stereocenters. The Balaban J connectivity index is 2.01. The summed E-state index contributed by atoms with van der Waals surface area (Å²) in [6.07, 6.45) is -3.21. The summed E-state index contributed by atoms with van der Waals surface area (Å²) in [6, 6.07) is 5.69. The van der Waals surface area contributed by atoms with Crippen LogP contribution >= 0.6 is 55.8 Å². The van der Waals surface area contributed by atoms with Crippen molar-refractivity contribution >= 4 is 77.8 Å². The normalized spacial score (nSPS) is 16.3. The molecule has 2 N–H and O–H groups in total. The molecule has 0 atom stereocenters. The van der Waals surface area contributed by atoms with Crippen molar-refractivity contribution in [3.63, 3.8) is 0 Å². The Labute approximate surface area is 183 Å². The van der Waals surface area contributed by atoms with Gasteiger partial charge in [0.25, 0.3) is 5.91 Å². The lowest BCUT2D eigenvalue weighted by Gasteiger charge is -2.16. The number of alkyl halides is 3. The summed E-state index contributed by atoms with van der Waals surface area (Å²) in [4.78, 5) is 13.9. The van der Waals surface area contributed by atoms with Gasteiger partial charge in [-0.25, -0.2) is 0 Å². The number of benzene rings is 2. The van der Waals surface area contributed by atoms with Crippen molar-refractivity contribution in [1.82, 2.24) is 0 Å². The van der Waals surface area contributed by atoms with Crippen molar-refractivity contribution in [2.24, 2.45) is 0 Å². The maximum atomic E-state index is 13.0. The van der Waals surface area contributed by atoms with E-state index in [-0.39, 0.29) is 40.9 Å². The first-order valence-corrected chi connectivity index (χ1v) is 10.2. The molecule has 1 heterocycles. The van der Waals surface area contributed by atoms with Crippen LogP contribution < -0.4 is 4.90 Å². The largest absolute Gasteiger partial charge is 0.506 e. The molecule has 2 aromatic carbocycles. The Hall–Kier alpha value is -1.56. The zero-order chi connectivity index (χ0) is 20.8. The molecule has 1 aliphatic heterocycles. The zero-order valence-corrected chi connectivity index (χ0v) is 18.2. The van der Waals surface area contributed by atoms with Crippen molar-refractivity contribution in [2.45, 2.75) is 6.18 Å². The smallest absolute Gasteiger partial charge is 0.416 e. The summed E-state index contributed by atoms with van der Waals surface area (Å²) in [5.74, 6) is -1.13. The molecular formula is C17H8Br2F3NO3S2. The molecule has 1 fully saturated rings. The molecule has 0 aliphatic carbocycles. The minimum absolute atomic E-state index is 0.00184. The van der Waals surface area contributed by atoms with E-state index in [0.29, 0.717) is 0 Å². The van der Waals surface area contributed by atoms with Crippen molar-refractivity contribution in [3.05, 3.63) is 55.3 Å². The van der Waals surface area contributed by atoms with Crippen LogP contribution in [0, 0.1) is 0 Å². The van der Waals surface area contributed by atoms with E-state index in [1.165, 1.54) is 24.3 Å². The molecule has 0 radical (unpaired) electrons. The topological polar surface area (TPSA) is 60.8 Å². The third kappa shape index (κ3) is 3.93. The van der Waals surface area contributed by atoms with Crippen LogP contribution in [0.1, 0.15) is 11.1 Å². The molecule has 146 valence electrons. The monoisotopic (exact) mass is 553 g/mol. The number of carbonyl (C=O) groups excluding carboxylic acids is 1. The van der Waals surface area contributed by atoms with Crippen LogP contribution in [-0.4, -0.2) is 20.4 Å². The average Bonchev–Trinajstić information content (AvgIpc) is 2.90. The van der Waals surface area contributed by atoms with Crippen LogP contribution in [-0.2, 0) is 11.0 Å². The molecule has 1 saturated heterocycles. The van der Waals surface area contributed by atoms with E-state index in [4.69, 9.17) is 12.2 Å². The fraction of sp³-hybridized carbons (Fsp3) is 0.0588. The molecule has 1 amide bonds. The van der Waals surface area contributed by atoms with Crippen molar-refractivity contribution in [3.8, 4) is 11.5 Å². The fourth-order valence-electron chi connectivity index (χ4n) is 2.38. The SMILES string of the molecule is O=C1C(=Cc2cc(Br)c(O)c(Br)c2O)SC(=S)N1c1cccc(C(F)(F)F)c1. The Morgan fingerprint density at radius 2 is 1.82 bits per heavy atom. The van der Waals surface area contributed by atoms with E-state index >= 15 is 0 Å². The first-order valence-electron chi connectivity index (χ1n) is 7.36. The van der Waals surface area contributed by atoms with Crippen LogP contribution in [0.3, 0.4) is 0 Å². The minimum Gasteiger partial charge on any atom is -0.506 e. The fourth-order valence-corrected chi connectivity index (χ4v) is 4.82. The number of nitrogens with zero attached hydrogens (tertiary/aromatic N) is 1. The second-order valence-electron chi connectivity index (χ2n) is 5.52. The second kappa shape index (κ2) is 7.69. The predicted molar refractivity (Wildman–Crippen MR) is 112 cm³/mol. The van der Waals surface area contributed by atoms with Crippen molar-refractivity contribution in [1.29, 1.82) is 0 Å². The molecule has 0 saturated carbocycles. The summed E-state index contributed by atoms with van der Waals surface area (Å²) in [5, 5.41) is 19.9. The van der Waals surface area contributed by atoms with E-state index in [1.54, 1.807) is 0 Å². The van der Waals surface area contributed by atoms with Gasteiger partial charge in [0.15, 0.2) is 4.32 Å². The zero-order valence-electron chi connectivity index (χ0n) is 13.4. The van der Waals surface area contributed by atoms with Gasteiger partial charge in [0.05, 0.1) is 20.6 Å². The van der Waals surface area contributed by atoms with Crippen molar-refractivity contribution in [2.75, 3.05) is 4.90 Å². The van der Waals surface area contributed by atoms with Gasteiger partial charge in [0.1, 0.15) is 16.0 Å². The summed E-state index contributed by atoms with van der Waals surface area (Å²) in [7, 11) is 0. The summed E-state index contributed by atoms with van der Waals surface area (Å²) < 4.78 is 39.2. The molecular weight excluding hydrogens is 547 g/mol. The Kier molecular flexibility index (Phi) is 5.81. The number of halogens is 5. The highest BCUT2D eigenvalue weighted by molar-refractivity contribution is 9.11. The molecule has 3 rings (SSSR count). The third-order valence-electron chi connectivity index (χ3n) is 3.71. The molecule has 4 nitrogen and oxygen atoms in total. The summed E-state index contributed by atoms with van der Waals surface area (Å²) in [5.41, 5.74) is -0.689. The number of amides is 1. The van der Waals surface area contributed by atoms with Gasteiger partial charge in [-0.05, 0) is 62.2 Å². The molecule has 2 aromatic rings. The number of carbonyl (C=O) groups is 1. The van der Waals surface area contributed by atoms with Gasteiger partial charge < -0.3 is 10.2 Å². The number of thioether (sulfide) groups is 1. The molecule has 11 heteroatoms. The number of phenols is 2. The molecule has 28 heavy (non-hydrogen) atoms. The van der Waals surface area contributed by atoms with Crippen LogP contribution in [0.4, 0.5) is 18.9 Å². The number of phenolic OH excluding ortho intramolecular Hbond substituents is 2. The highest BCUT2D eigenvalue weighted by Crippen LogP contribution is 2.44. The van der Waals surface area contributed by atoms with Crippen LogP contribution in [0.5, 0.6) is 11.5 Å². The van der Waals surface area contributed by atoms with Crippen LogP contribution in [0.15, 0.2) is 44.2 Å². The van der Waals surface area contributed by atoms with Gasteiger partial charge in [-0.15, -0.1) is 0 Å². The number of hydrogen-bond donors (Lipinski definition) is 2. The number of thiocarbonyl (C=S) groups is 1. The Morgan fingerprint density at radius 3 is 2.46 bits per heavy atom. The van der Waals surface area contributed by atoms with E-state index in [1.807, 2.05) is 0 Å². The number of hydrogen-bond acceptors (Lipinski definition) is 5. The Bertz CT molecular complexity index is 1040. The van der Waals surface area contributed by atoms with Gasteiger partial charge >= 0.3 is 6.18 Å². The highest BCUT2D eigenvalue weighted by Gasteiger charge is 2.36. The van der Waals surface area contributed by atoms with Gasteiger partial charge in [0, 0.05) is 5.56 Å². The second-order valence-corrected chi connectivity index (χ2v) is 8.85. The lowest BCUT2D eigenvalue weighted by atomic mass is 10.1. The average molecular weight is 555 g/mol. The van der Waals surface area contributed by atoms with Crippen molar-refractivity contribution < 1.29 is 28.2 Å². The van der Waals surface area contributed by atoms with E-state index in [9.17, 15) is 28.2 Å². The maximum absolute atomic E-state index is 13.0. The van der Waals surface area contributed by atoms with Gasteiger partial charge in [0.2, 0.25) is 0 Å². The predicted octanol–water partition coefficient (Wildman–Crippen LogP) is 6.05. The first kappa shape index (κ1) is 21.2. The van der Waals surface area contributed by atoms with Crippen LogP contribution in [0.2, 0.25) is 0 Å². The lowest BCUT2D eigenvalue weighted by Crippen LogP contribution is -2.27. The van der Waals surface area contributed by atoms with E-state index in [2.05, 4.69) is 31.9 Å². The standard InChI is InChI=1S/C17H8Br2F3NO3S2/c18-10-4-7(13(24)12(19)14(10)25)5-11-15(26)23(16(27)28-11)9-3-1-2-8(6-9)17(20,21)22/h1-6,24-25H. The maximum Gasteiger partial charge on any atom is 0.416 e. The summed E-state index contributed by atoms with van der Waals surface area (Å²) >= 11 is 12.2. The number of aromatic hydroxyl groups is 2. The van der Waals surface area contributed by atoms with Gasteiger partial charge in [-0.3, -0.25) is 9.69 Å². The minimum atomic E-state index is -4.55. The van der Waals surface area contributed by atoms with E-state index < -0.39 is 17.6 Å². The highest BCUT2D eigenvalue weighted by atomic mass is 79.9. The first-order chi connectivity index (χ1) is 13.0. The quantitative estimate of drug-likeness (QED) is 0.350. The molecule has 0 spiro atoms.